The molecule has 0 saturated carbocycles. The van der Waals surface area contributed by atoms with Crippen molar-refractivity contribution < 1.29 is 19.1 Å². The Labute approximate surface area is 210 Å². The first kappa shape index (κ1) is 24.0. The van der Waals surface area contributed by atoms with Gasteiger partial charge in [-0.05, 0) is 67.6 Å². The number of aromatic nitrogens is 3. The standard InChI is InChI=1S/C27H31N5O4/c1-17-12-18(2)14-21(13-17)28-26(33)20-8-10-31(11-9-20)27(34)25-23-16-36-24(15-32(23)30-29-25)19-4-6-22(35-3)7-5-19/h4-7,12-14,20,24H,8-11,15-16H2,1-3H3,(H,28,33). The number of carbonyl (C=O) groups is 2. The molecule has 3 heterocycles. The van der Waals surface area contributed by atoms with Crippen molar-refractivity contribution >= 4 is 17.5 Å². The van der Waals surface area contributed by atoms with Crippen LogP contribution in [0.15, 0.2) is 42.5 Å². The minimum atomic E-state index is -0.167. The molecule has 1 N–H and O–H groups in total. The fourth-order valence-corrected chi connectivity index (χ4v) is 4.98. The molecule has 2 aliphatic rings. The molecule has 3 aromatic rings. The van der Waals surface area contributed by atoms with Gasteiger partial charge in [-0.1, -0.05) is 23.4 Å². The van der Waals surface area contributed by atoms with Gasteiger partial charge in [-0.3, -0.25) is 9.59 Å². The van der Waals surface area contributed by atoms with E-state index in [2.05, 4.69) is 21.7 Å². The number of nitrogens with one attached hydrogen (secondary N) is 1. The summed E-state index contributed by atoms with van der Waals surface area (Å²) in [5.41, 5.74) is 5.09. The summed E-state index contributed by atoms with van der Waals surface area (Å²) in [6.07, 6.45) is 1.06. The topological polar surface area (TPSA) is 98.6 Å². The van der Waals surface area contributed by atoms with Crippen LogP contribution in [0.5, 0.6) is 5.75 Å². The van der Waals surface area contributed by atoms with Crippen LogP contribution in [-0.4, -0.2) is 51.9 Å². The number of hydrogen-bond acceptors (Lipinski definition) is 6. The van der Waals surface area contributed by atoms with Gasteiger partial charge in [0, 0.05) is 24.7 Å². The number of benzene rings is 2. The minimum Gasteiger partial charge on any atom is -0.497 e. The molecule has 0 radical (unpaired) electrons. The predicted octanol–water partition coefficient (Wildman–Crippen LogP) is 3.67. The summed E-state index contributed by atoms with van der Waals surface area (Å²) in [5, 5.41) is 11.5. The van der Waals surface area contributed by atoms with Gasteiger partial charge in [-0.25, -0.2) is 4.68 Å². The van der Waals surface area contributed by atoms with E-state index in [1.807, 2.05) is 50.2 Å². The molecule has 0 spiro atoms. The van der Waals surface area contributed by atoms with E-state index < -0.39 is 0 Å². The third-order valence-corrected chi connectivity index (χ3v) is 6.93. The monoisotopic (exact) mass is 489 g/mol. The fraction of sp³-hybridized carbons (Fsp3) is 0.407. The zero-order chi connectivity index (χ0) is 25.2. The van der Waals surface area contributed by atoms with Gasteiger partial charge in [-0.2, -0.15) is 0 Å². The Hall–Kier alpha value is -3.72. The van der Waals surface area contributed by atoms with E-state index in [-0.39, 0.29) is 30.4 Å². The van der Waals surface area contributed by atoms with Crippen LogP contribution in [0.2, 0.25) is 0 Å². The van der Waals surface area contributed by atoms with E-state index in [4.69, 9.17) is 9.47 Å². The van der Waals surface area contributed by atoms with Crippen molar-refractivity contribution in [1.29, 1.82) is 0 Å². The zero-order valence-corrected chi connectivity index (χ0v) is 20.9. The van der Waals surface area contributed by atoms with Crippen LogP contribution in [0.1, 0.15) is 51.8 Å². The van der Waals surface area contributed by atoms with E-state index in [0.29, 0.717) is 43.9 Å². The van der Waals surface area contributed by atoms with Crippen LogP contribution in [0.4, 0.5) is 5.69 Å². The average Bonchev–Trinajstić information content (AvgIpc) is 3.31. The molecule has 2 amide bonds. The Balaban J connectivity index is 1.18. The Kier molecular flexibility index (Phi) is 6.73. The van der Waals surface area contributed by atoms with Crippen LogP contribution in [0.25, 0.3) is 0 Å². The maximum absolute atomic E-state index is 13.2. The van der Waals surface area contributed by atoms with Gasteiger partial charge in [0.05, 0.1) is 26.0 Å². The first-order valence-corrected chi connectivity index (χ1v) is 12.3. The van der Waals surface area contributed by atoms with Gasteiger partial charge in [0.1, 0.15) is 11.9 Å². The highest BCUT2D eigenvalue weighted by molar-refractivity contribution is 5.95. The van der Waals surface area contributed by atoms with Crippen LogP contribution in [0, 0.1) is 19.8 Å². The molecular weight excluding hydrogens is 458 g/mol. The van der Waals surface area contributed by atoms with Crippen molar-refractivity contribution in [2.45, 2.75) is 45.9 Å². The van der Waals surface area contributed by atoms with Crippen molar-refractivity contribution in [1.82, 2.24) is 19.9 Å². The van der Waals surface area contributed by atoms with Crippen molar-refractivity contribution in [2.75, 3.05) is 25.5 Å². The largest absolute Gasteiger partial charge is 0.497 e. The number of carbonyl (C=O) groups excluding carboxylic acids is 2. The van der Waals surface area contributed by atoms with Gasteiger partial charge in [0.2, 0.25) is 5.91 Å². The van der Waals surface area contributed by atoms with Gasteiger partial charge in [-0.15, -0.1) is 5.10 Å². The first-order valence-electron chi connectivity index (χ1n) is 12.3. The normalized spacial score (nSPS) is 18.0. The SMILES string of the molecule is COc1ccc(C2Cn3nnc(C(=O)N4CCC(C(=O)Nc5cc(C)cc(C)c5)CC4)c3CO2)cc1. The van der Waals surface area contributed by atoms with E-state index >= 15 is 0 Å². The van der Waals surface area contributed by atoms with Crippen LogP contribution < -0.4 is 10.1 Å². The lowest BCUT2D eigenvalue weighted by Crippen LogP contribution is -2.42. The number of hydrogen-bond donors (Lipinski definition) is 1. The molecule has 1 fully saturated rings. The lowest BCUT2D eigenvalue weighted by Gasteiger charge is -2.31. The molecule has 2 aliphatic heterocycles. The molecular formula is C27H31N5O4. The van der Waals surface area contributed by atoms with Crippen LogP contribution >= 0.6 is 0 Å². The van der Waals surface area contributed by atoms with Crippen LogP contribution in [-0.2, 0) is 22.7 Å². The molecule has 9 heteroatoms. The quantitative estimate of drug-likeness (QED) is 0.587. The molecule has 0 bridgehead atoms. The van der Waals surface area contributed by atoms with E-state index in [1.165, 1.54) is 0 Å². The van der Waals surface area contributed by atoms with E-state index in [1.54, 1.807) is 16.7 Å². The van der Waals surface area contributed by atoms with Crippen molar-refractivity contribution in [2.24, 2.45) is 5.92 Å². The Morgan fingerprint density at radius 1 is 1.06 bits per heavy atom. The summed E-state index contributed by atoms with van der Waals surface area (Å²) >= 11 is 0. The second kappa shape index (κ2) is 10.1. The summed E-state index contributed by atoms with van der Waals surface area (Å²) < 4.78 is 13.0. The van der Waals surface area contributed by atoms with Gasteiger partial charge in [0.15, 0.2) is 5.69 Å². The Morgan fingerprint density at radius 3 is 2.42 bits per heavy atom. The summed E-state index contributed by atoms with van der Waals surface area (Å²) in [6, 6.07) is 13.8. The van der Waals surface area contributed by atoms with Gasteiger partial charge >= 0.3 is 0 Å². The van der Waals surface area contributed by atoms with Crippen molar-refractivity contribution in [3.63, 3.8) is 0 Å². The highest BCUT2D eigenvalue weighted by atomic mass is 16.5. The molecule has 0 aliphatic carbocycles. The molecule has 1 atom stereocenters. The number of rotatable bonds is 5. The number of methoxy groups -OCH3 is 1. The number of amides is 2. The molecule has 2 aromatic carbocycles. The summed E-state index contributed by atoms with van der Waals surface area (Å²) in [5.74, 6) is 0.509. The maximum Gasteiger partial charge on any atom is 0.276 e. The summed E-state index contributed by atoms with van der Waals surface area (Å²) in [7, 11) is 1.63. The number of piperidine rings is 1. The lowest BCUT2D eigenvalue weighted by molar-refractivity contribution is -0.121. The minimum absolute atomic E-state index is 0.00566. The second-order valence-electron chi connectivity index (χ2n) is 9.57. The number of ether oxygens (including phenoxy) is 2. The van der Waals surface area contributed by atoms with Gasteiger partial charge < -0.3 is 19.7 Å². The maximum atomic E-state index is 13.2. The third kappa shape index (κ3) is 4.97. The summed E-state index contributed by atoms with van der Waals surface area (Å²) in [4.78, 5) is 27.8. The Morgan fingerprint density at radius 2 is 1.75 bits per heavy atom. The number of anilines is 1. The molecule has 1 saturated heterocycles. The molecule has 5 rings (SSSR count). The molecule has 1 aromatic heterocycles. The molecule has 188 valence electrons. The fourth-order valence-electron chi connectivity index (χ4n) is 4.98. The summed E-state index contributed by atoms with van der Waals surface area (Å²) in [6.45, 7) is 5.79. The number of aryl methyl sites for hydroxylation is 2. The number of likely N-dealkylation sites (tertiary alicyclic amines) is 1. The second-order valence-corrected chi connectivity index (χ2v) is 9.57. The smallest absolute Gasteiger partial charge is 0.276 e. The predicted molar refractivity (Wildman–Crippen MR) is 134 cm³/mol. The van der Waals surface area contributed by atoms with E-state index in [0.717, 1.165) is 28.1 Å². The van der Waals surface area contributed by atoms with E-state index in [9.17, 15) is 9.59 Å². The Bertz CT molecular complexity index is 1240. The molecule has 9 nitrogen and oxygen atoms in total. The average molecular weight is 490 g/mol. The third-order valence-electron chi connectivity index (χ3n) is 6.93. The zero-order valence-electron chi connectivity index (χ0n) is 20.9. The first-order chi connectivity index (χ1) is 17.4. The number of nitrogens with zero attached hydrogens (tertiary/aromatic N) is 4. The van der Waals surface area contributed by atoms with Gasteiger partial charge in [0.25, 0.3) is 5.91 Å². The highest BCUT2D eigenvalue weighted by Crippen LogP contribution is 2.29. The highest BCUT2D eigenvalue weighted by Gasteiger charge is 2.33. The molecule has 36 heavy (non-hydrogen) atoms. The van der Waals surface area contributed by atoms with Crippen LogP contribution in [0.3, 0.4) is 0 Å². The van der Waals surface area contributed by atoms with Crippen molar-refractivity contribution in [3.05, 3.63) is 70.5 Å². The molecule has 1 unspecified atom stereocenters. The lowest BCUT2D eigenvalue weighted by atomic mass is 9.95. The van der Waals surface area contributed by atoms with Crippen molar-refractivity contribution in [3.8, 4) is 5.75 Å². The number of fused-ring (bicyclic) bond motifs is 1.